The van der Waals surface area contributed by atoms with Crippen LogP contribution in [0.3, 0.4) is 0 Å². The predicted molar refractivity (Wildman–Crippen MR) is 96.8 cm³/mol. The van der Waals surface area contributed by atoms with E-state index in [4.69, 9.17) is 9.84 Å². The Hall–Kier alpha value is -1.89. The molecule has 0 aliphatic carbocycles. The van der Waals surface area contributed by atoms with Crippen LogP contribution >= 0.6 is 0 Å². The molecule has 1 aromatic heterocycles. The number of β-amino-alcohol motifs (C(OH)–C–C–N with tert-alkyl or cyclic N) is 1. The zero-order chi connectivity index (χ0) is 17.1. The molecule has 2 aliphatic rings. The molecule has 134 valence electrons. The van der Waals surface area contributed by atoms with Crippen molar-refractivity contribution in [1.82, 2.24) is 14.7 Å². The van der Waals surface area contributed by atoms with E-state index in [1.807, 2.05) is 35.1 Å². The van der Waals surface area contributed by atoms with Crippen LogP contribution in [0.5, 0.6) is 0 Å². The fraction of sp³-hybridized carbons (Fsp3) is 0.526. The van der Waals surface area contributed by atoms with Gasteiger partial charge in [-0.05, 0) is 12.0 Å². The summed E-state index contributed by atoms with van der Waals surface area (Å²) in [5, 5.41) is 15.3. The average Bonchev–Trinajstić information content (AvgIpc) is 3.12. The Morgan fingerprint density at radius 3 is 2.64 bits per heavy atom. The summed E-state index contributed by atoms with van der Waals surface area (Å²) in [6.45, 7) is 5.74. The molecule has 2 aliphatic heterocycles. The van der Waals surface area contributed by atoms with E-state index in [9.17, 15) is 5.11 Å². The number of piperidine rings is 1. The molecule has 4 rings (SSSR count). The molecule has 0 spiro atoms. The van der Waals surface area contributed by atoms with Crippen LogP contribution in [0.1, 0.15) is 12.0 Å². The SMILES string of the molecule is OC1CN(c2ccn(Cc3ccccc3)n2)CC[C@H]1N1CCOCC1. The van der Waals surface area contributed by atoms with E-state index in [1.54, 1.807) is 0 Å². The maximum atomic E-state index is 10.6. The van der Waals surface area contributed by atoms with Gasteiger partial charge in [0, 0.05) is 44.5 Å². The summed E-state index contributed by atoms with van der Waals surface area (Å²) >= 11 is 0. The third-order valence-electron chi connectivity index (χ3n) is 5.20. The van der Waals surface area contributed by atoms with E-state index >= 15 is 0 Å². The molecule has 2 saturated heterocycles. The number of nitrogens with zero attached hydrogens (tertiary/aromatic N) is 4. The Balaban J connectivity index is 1.37. The number of hydrogen-bond acceptors (Lipinski definition) is 5. The quantitative estimate of drug-likeness (QED) is 0.905. The van der Waals surface area contributed by atoms with Crippen LogP contribution in [0.25, 0.3) is 0 Å². The molecule has 1 unspecified atom stereocenters. The van der Waals surface area contributed by atoms with Gasteiger partial charge in [-0.15, -0.1) is 0 Å². The Morgan fingerprint density at radius 1 is 1.08 bits per heavy atom. The van der Waals surface area contributed by atoms with E-state index in [1.165, 1.54) is 5.56 Å². The van der Waals surface area contributed by atoms with Gasteiger partial charge in [-0.25, -0.2) is 0 Å². The first-order valence-electron chi connectivity index (χ1n) is 9.12. The van der Waals surface area contributed by atoms with Crippen LogP contribution in [0.4, 0.5) is 5.82 Å². The normalized spacial score (nSPS) is 25.2. The van der Waals surface area contributed by atoms with Crippen LogP contribution in [0.2, 0.25) is 0 Å². The highest BCUT2D eigenvalue weighted by atomic mass is 16.5. The Morgan fingerprint density at radius 2 is 1.88 bits per heavy atom. The van der Waals surface area contributed by atoms with Crippen molar-refractivity contribution >= 4 is 5.82 Å². The van der Waals surface area contributed by atoms with Crippen molar-refractivity contribution in [2.45, 2.75) is 25.1 Å². The highest BCUT2D eigenvalue weighted by molar-refractivity contribution is 5.38. The van der Waals surface area contributed by atoms with Crippen molar-refractivity contribution in [2.24, 2.45) is 0 Å². The smallest absolute Gasteiger partial charge is 0.150 e. The largest absolute Gasteiger partial charge is 0.390 e. The average molecular weight is 342 g/mol. The monoisotopic (exact) mass is 342 g/mol. The van der Waals surface area contributed by atoms with Crippen molar-refractivity contribution in [1.29, 1.82) is 0 Å². The summed E-state index contributed by atoms with van der Waals surface area (Å²) in [7, 11) is 0. The molecule has 3 heterocycles. The van der Waals surface area contributed by atoms with E-state index in [2.05, 4.69) is 21.9 Å². The van der Waals surface area contributed by atoms with Gasteiger partial charge in [-0.2, -0.15) is 5.10 Å². The Bertz CT molecular complexity index is 669. The van der Waals surface area contributed by atoms with Gasteiger partial charge in [0.2, 0.25) is 0 Å². The van der Waals surface area contributed by atoms with E-state index in [-0.39, 0.29) is 12.1 Å². The van der Waals surface area contributed by atoms with Gasteiger partial charge in [-0.3, -0.25) is 9.58 Å². The van der Waals surface area contributed by atoms with E-state index in [0.29, 0.717) is 6.54 Å². The molecule has 2 aromatic rings. The number of benzene rings is 1. The van der Waals surface area contributed by atoms with Crippen LogP contribution < -0.4 is 4.90 Å². The minimum atomic E-state index is -0.342. The second-order valence-corrected chi connectivity index (χ2v) is 6.87. The number of rotatable bonds is 4. The minimum Gasteiger partial charge on any atom is -0.390 e. The summed E-state index contributed by atoms with van der Waals surface area (Å²) < 4.78 is 7.38. The number of aromatic nitrogens is 2. The van der Waals surface area contributed by atoms with Gasteiger partial charge in [0.15, 0.2) is 5.82 Å². The van der Waals surface area contributed by atoms with Crippen molar-refractivity contribution in [3.8, 4) is 0 Å². The van der Waals surface area contributed by atoms with Crippen molar-refractivity contribution in [3.63, 3.8) is 0 Å². The topological polar surface area (TPSA) is 53.8 Å². The Kier molecular flexibility index (Phi) is 5.01. The molecular weight excluding hydrogens is 316 g/mol. The summed E-state index contributed by atoms with van der Waals surface area (Å²) in [6, 6.07) is 12.6. The number of aliphatic hydroxyl groups excluding tert-OH is 1. The molecule has 6 nitrogen and oxygen atoms in total. The molecule has 0 saturated carbocycles. The molecule has 2 atom stereocenters. The van der Waals surface area contributed by atoms with Crippen LogP contribution in [0, 0.1) is 0 Å². The highest BCUT2D eigenvalue weighted by Crippen LogP contribution is 2.22. The lowest BCUT2D eigenvalue weighted by Gasteiger charge is -2.43. The predicted octanol–water partition coefficient (Wildman–Crippen LogP) is 1.20. The van der Waals surface area contributed by atoms with Crippen LogP contribution in [0.15, 0.2) is 42.6 Å². The second-order valence-electron chi connectivity index (χ2n) is 6.87. The third kappa shape index (κ3) is 3.86. The van der Waals surface area contributed by atoms with Crippen molar-refractivity contribution in [3.05, 3.63) is 48.2 Å². The first kappa shape index (κ1) is 16.6. The van der Waals surface area contributed by atoms with E-state index < -0.39 is 0 Å². The summed E-state index contributed by atoms with van der Waals surface area (Å²) in [5.74, 6) is 0.954. The molecule has 25 heavy (non-hydrogen) atoms. The van der Waals surface area contributed by atoms with Crippen LogP contribution in [-0.2, 0) is 11.3 Å². The van der Waals surface area contributed by atoms with Gasteiger partial charge in [0.1, 0.15) is 0 Å². The molecule has 1 aromatic carbocycles. The standard InChI is InChI=1S/C19H26N4O2/c24-18-15-22(8-6-17(18)21-10-12-25-13-11-21)19-7-9-23(20-19)14-16-4-2-1-3-5-16/h1-5,7,9,17-18,24H,6,8,10-15H2/t17-,18?/m1/s1. The highest BCUT2D eigenvalue weighted by Gasteiger charge is 2.33. The molecule has 0 amide bonds. The summed E-state index contributed by atoms with van der Waals surface area (Å²) in [5.41, 5.74) is 1.24. The van der Waals surface area contributed by atoms with Crippen LogP contribution in [-0.4, -0.2) is 71.3 Å². The van der Waals surface area contributed by atoms with E-state index in [0.717, 1.165) is 51.6 Å². The number of ether oxygens (including phenoxy) is 1. The fourth-order valence-corrected chi connectivity index (χ4v) is 3.84. The lowest BCUT2D eigenvalue weighted by Crippen LogP contribution is -2.56. The zero-order valence-electron chi connectivity index (χ0n) is 14.5. The number of anilines is 1. The lowest BCUT2D eigenvalue weighted by atomic mass is 9.99. The fourth-order valence-electron chi connectivity index (χ4n) is 3.84. The Labute approximate surface area is 148 Å². The molecule has 0 bridgehead atoms. The molecule has 1 N–H and O–H groups in total. The number of morpholine rings is 1. The summed E-state index contributed by atoms with van der Waals surface area (Å²) in [6.07, 6.45) is 2.64. The maximum absolute atomic E-state index is 10.6. The first-order chi connectivity index (χ1) is 12.3. The van der Waals surface area contributed by atoms with Gasteiger partial charge in [0.25, 0.3) is 0 Å². The molecule has 0 radical (unpaired) electrons. The van der Waals surface area contributed by atoms with Gasteiger partial charge in [0.05, 0.1) is 25.9 Å². The summed E-state index contributed by atoms with van der Waals surface area (Å²) in [4.78, 5) is 4.57. The molecular formula is C19H26N4O2. The van der Waals surface area contributed by atoms with Crippen molar-refractivity contribution in [2.75, 3.05) is 44.3 Å². The van der Waals surface area contributed by atoms with Gasteiger partial charge >= 0.3 is 0 Å². The zero-order valence-corrected chi connectivity index (χ0v) is 14.5. The maximum Gasteiger partial charge on any atom is 0.150 e. The lowest BCUT2D eigenvalue weighted by molar-refractivity contribution is -0.0274. The number of aliphatic hydroxyl groups is 1. The van der Waals surface area contributed by atoms with Gasteiger partial charge < -0.3 is 14.7 Å². The van der Waals surface area contributed by atoms with Gasteiger partial charge in [-0.1, -0.05) is 30.3 Å². The first-order valence-corrected chi connectivity index (χ1v) is 9.12. The van der Waals surface area contributed by atoms with Crippen molar-refractivity contribution < 1.29 is 9.84 Å². The molecule has 2 fully saturated rings. The third-order valence-corrected chi connectivity index (χ3v) is 5.20. The number of hydrogen-bond donors (Lipinski definition) is 1. The second kappa shape index (κ2) is 7.56. The molecule has 6 heteroatoms. The minimum absolute atomic E-state index is 0.242.